The van der Waals surface area contributed by atoms with Crippen LogP contribution in [0.3, 0.4) is 0 Å². The molecule has 1 aliphatic carbocycles. The van der Waals surface area contributed by atoms with E-state index in [0.717, 1.165) is 24.8 Å². The zero-order valence-electron chi connectivity index (χ0n) is 12.6. The maximum Gasteiger partial charge on any atom is 0.141 e. The normalized spacial score (nSPS) is 23.0. The van der Waals surface area contributed by atoms with Crippen LogP contribution in [0.1, 0.15) is 60.1 Å². The van der Waals surface area contributed by atoms with Crippen molar-refractivity contribution in [2.75, 3.05) is 12.3 Å². The highest BCUT2D eigenvalue weighted by Gasteiger charge is 2.22. The number of rotatable bonds is 5. The van der Waals surface area contributed by atoms with E-state index in [0.29, 0.717) is 5.25 Å². The van der Waals surface area contributed by atoms with Gasteiger partial charge in [-0.2, -0.15) is 11.8 Å². The van der Waals surface area contributed by atoms with E-state index >= 15 is 0 Å². The summed E-state index contributed by atoms with van der Waals surface area (Å²) in [4.78, 5) is 9.62. The molecule has 1 saturated heterocycles. The molecule has 0 spiro atoms. The summed E-state index contributed by atoms with van der Waals surface area (Å²) in [5.74, 6) is 2.34. The van der Waals surface area contributed by atoms with Gasteiger partial charge in [0.2, 0.25) is 0 Å². The maximum atomic E-state index is 4.81. The molecule has 2 heterocycles. The molecule has 0 amide bonds. The van der Waals surface area contributed by atoms with Gasteiger partial charge in [0.05, 0.1) is 5.25 Å². The van der Waals surface area contributed by atoms with Crippen LogP contribution in [0.2, 0.25) is 0 Å². The van der Waals surface area contributed by atoms with E-state index in [1.807, 2.05) is 11.8 Å². The van der Waals surface area contributed by atoms with Gasteiger partial charge in [0.15, 0.2) is 0 Å². The van der Waals surface area contributed by atoms with Crippen molar-refractivity contribution >= 4 is 11.8 Å². The second-order valence-corrected chi connectivity index (χ2v) is 7.38. The second kappa shape index (κ2) is 6.44. The molecule has 110 valence electrons. The molecule has 1 aromatic heterocycles. The number of nitrogens with one attached hydrogen (secondary N) is 1. The van der Waals surface area contributed by atoms with Crippen molar-refractivity contribution < 1.29 is 0 Å². The molecule has 1 saturated carbocycles. The average molecular weight is 291 g/mol. The molecule has 1 aromatic rings. The molecule has 4 heteroatoms. The minimum Gasteiger partial charge on any atom is -0.314 e. The van der Waals surface area contributed by atoms with Gasteiger partial charge in [0.1, 0.15) is 5.82 Å². The first-order valence-electron chi connectivity index (χ1n) is 7.93. The fourth-order valence-electron chi connectivity index (χ4n) is 2.90. The van der Waals surface area contributed by atoms with Gasteiger partial charge in [0.25, 0.3) is 0 Å². The molecule has 2 aliphatic rings. The van der Waals surface area contributed by atoms with Gasteiger partial charge in [-0.25, -0.2) is 9.97 Å². The van der Waals surface area contributed by atoms with Crippen LogP contribution in [0.25, 0.3) is 0 Å². The molecular formula is C16H25N3S. The highest BCUT2D eigenvalue weighted by atomic mass is 32.2. The van der Waals surface area contributed by atoms with E-state index in [-0.39, 0.29) is 0 Å². The Hall–Kier alpha value is -0.610. The van der Waals surface area contributed by atoms with E-state index in [4.69, 9.17) is 9.97 Å². The van der Waals surface area contributed by atoms with Crippen molar-refractivity contribution in [3.05, 3.63) is 22.8 Å². The Morgan fingerprint density at radius 3 is 2.45 bits per heavy atom. The molecule has 1 unspecified atom stereocenters. The number of hydrogen-bond acceptors (Lipinski definition) is 4. The predicted octanol–water partition coefficient (Wildman–Crippen LogP) is 3.35. The first kappa shape index (κ1) is 14.3. The molecule has 1 atom stereocenters. The molecule has 3 rings (SSSR count). The third kappa shape index (κ3) is 3.53. The monoisotopic (exact) mass is 291 g/mol. The van der Waals surface area contributed by atoms with Gasteiger partial charge in [-0.15, -0.1) is 0 Å². The fraction of sp³-hybridized carbons (Fsp3) is 0.750. The third-order valence-corrected chi connectivity index (χ3v) is 5.66. The van der Waals surface area contributed by atoms with E-state index in [2.05, 4.69) is 19.2 Å². The lowest BCUT2D eigenvalue weighted by Gasteiger charge is -2.21. The van der Waals surface area contributed by atoms with Gasteiger partial charge in [0, 0.05) is 17.4 Å². The van der Waals surface area contributed by atoms with E-state index < -0.39 is 0 Å². The number of hydrogen-bond donors (Lipinski definition) is 1. The van der Waals surface area contributed by atoms with Crippen molar-refractivity contribution in [2.45, 2.75) is 63.7 Å². The Bertz CT molecular complexity index is 442. The average Bonchev–Trinajstić information content (AvgIpc) is 3.27. The first-order chi connectivity index (χ1) is 9.74. The molecule has 0 aromatic carbocycles. The topological polar surface area (TPSA) is 37.8 Å². The number of thioether (sulfide) groups is 1. The summed E-state index contributed by atoms with van der Waals surface area (Å²) < 4.78 is 0. The summed E-state index contributed by atoms with van der Waals surface area (Å²) in [6, 6.07) is 0.787. The Kier molecular flexibility index (Phi) is 4.61. The molecule has 1 N–H and O–H groups in total. The van der Waals surface area contributed by atoms with Gasteiger partial charge in [-0.1, -0.05) is 6.42 Å². The first-order valence-corrected chi connectivity index (χ1v) is 8.98. The highest BCUT2D eigenvalue weighted by molar-refractivity contribution is 7.99. The molecule has 20 heavy (non-hydrogen) atoms. The van der Waals surface area contributed by atoms with Crippen molar-refractivity contribution in [3.8, 4) is 0 Å². The number of aryl methyl sites for hydroxylation is 2. The zero-order valence-corrected chi connectivity index (χ0v) is 13.4. The molecule has 2 fully saturated rings. The van der Waals surface area contributed by atoms with Gasteiger partial charge in [-0.3, -0.25) is 0 Å². The quantitative estimate of drug-likeness (QED) is 0.903. The van der Waals surface area contributed by atoms with Crippen molar-refractivity contribution in [1.29, 1.82) is 0 Å². The molecule has 1 aliphatic heterocycles. The number of nitrogens with zero attached hydrogens (tertiary/aromatic N) is 2. The van der Waals surface area contributed by atoms with Crippen LogP contribution in [0, 0.1) is 13.8 Å². The standard InChI is InChI=1S/C16H25N3S/c1-11-14(8-9-17-13-6-7-13)12(2)19-16(18-11)15-5-3-4-10-20-15/h13,15,17H,3-10H2,1-2H3. The minimum absolute atomic E-state index is 0.528. The third-order valence-electron chi connectivity index (χ3n) is 4.29. The van der Waals surface area contributed by atoms with Crippen LogP contribution in [-0.4, -0.2) is 28.3 Å². The summed E-state index contributed by atoms with van der Waals surface area (Å²) in [7, 11) is 0. The Morgan fingerprint density at radius 1 is 1.10 bits per heavy atom. The largest absolute Gasteiger partial charge is 0.314 e. The lowest BCUT2D eigenvalue weighted by atomic mass is 10.1. The van der Waals surface area contributed by atoms with E-state index in [1.165, 1.54) is 54.8 Å². The Labute approximate surface area is 126 Å². The van der Waals surface area contributed by atoms with Crippen LogP contribution in [0.5, 0.6) is 0 Å². The maximum absolute atomic E-state index is 4.81. The molecule has 0 radical (unpaired) electrons. The van der Waals surface area contributed by atoms with Gasteiger partial charge >= 0.3 is 0 Å². The van der Waals surface area contributed by atoms with Gasteiger partial charge in [-0.05, 0) is 63.8 Å². The van der Waals surface area contributed by atoms with Crippen molar-refractivity contribution in [1.82, 2.24) is 15.3 Å². The van der Waals surface area contributed by atoms with Crippen LogP contribution in [0.15, 0.2) is 0 Å². The van der Waals surface area contributed by atoms with Crippen molar-refractivity contribution in [3.63, 3.8) is 0 Å². The van der Waals surface area contributed by atoms with Crippen molar-refractivity contribution in [2.24, 2.45) is 0 Å². The molecule has 3 nitrogen and oxygen atoms in total. The van der Waals surface area contributed by atoms with Crippen LogP contribution in [-0.2, 0) is 6.42 Å². The highest BCUT2D eigenvalue weighted by Crippen LogP contribution is 2.36. The van der Waals surface area contributed by atoms with Crippen LogP contribution < -0.4 is 5.32 Å². The fourth-order valence-corrected chi connectivity index (χ4v) is 4.15. The van der Waals surface area contributed by atoms with Crippen LogP contribution >= 0.6 is 11.8 Å². The van der Waals surface area contributed by atoms with E-state index in [1.54, 1.807) is 0 Å². The SMILES string of the molecule is Cc1nc(C2CCCCS2)nc(C)c1CCNC1CC1. The Morgan fingerprint density at radius 2 is 1.85 bits per heavy atom. The molecule has 0 bridgehead atoms. The van der Waals surface area contributed by atoms with E-state index in [9.17, 15) is 0 Å². The number of aromatic nitrogens is 2. The van der Waals surface area contributed by atoms with Crippen LogP contribution in [0.4, 0.5) is 0 Å². The summed E-state index contributed by atoms with van der Waals surface area (Å²) in [5.41, 5.74) is 3.73. The smallest absolute Gasteiger partial charge is 0.141 e. The predicted molar refractivity (Wildman–Crippen MR) is 85.3 cm³/mol. The minimum atomic E-state index is 0.528. The summed E-state index contributed by atoms with van der Waals surface area (Å²) >= 11 is 2.03. The summed E-state index contributed by atoms with van der Waals surface area (Å²) in [6.07, 6.45) is 7.69. The van der Waals surface area contributed by atoms with Gasteiger partial charge < -0.3 is 5.32 Å². The molecular weight excluding hydrogens is 266 g/mol. The Balaban J connectivity index is 1.67. The lowest BCUT2D eigenvalue weighted by molar-refractivity contribution is 0.648. The zero-order chi connectivity index (χ0) is 13.9. The lowest BCUT2D eigenvalue weighted by Crippen LogP contribution is -2.21. The summed E-state index contributed by atoms with van der Waals surface area (Å²) in [5, 5.41) is 4.11. The summed E-state index contributed by atoms with van der Waals surface area (Å²) in [6.45, 7) is 5.36. The second-order valence-electron chi connectivity index (χ2n) is 6.06.